The van der Waals surface area contributed by atoms with Gasteiger partial charge in [-0.05, 0) is 44.9 Å². The molecule has 2 unspecified atom stereocenters. The molecule has 5 heteroatoms. The lowest BCUT2D eigenvalue weighted by Crippen LogP contribution is -2.47. The third-order valence-electron chi connectivity index (χ3n) is 3.52. The highest BCUT2D eigenvalue weighted by Crippen LogP contribution is 2.25. The molecule has 104 valence electrons. The van der Waals surface area contributed by atoms with E-state index in [1.807, 2.05) is 26.0 Å². The number of urea groups is 1. The number of hydrogen-bond donors (Lipinski definition) is 3. The van der Waals surface area contributed by atoms with Crippen molar-refractivity contribution >= 4 is 23.3 Å². The molecule has 2 rings (SSSR count). The number of anilines is 1. The Morgan fingerprint density at radius 2 is 2.32 bits per heavy atom. The molecule has 0 aliphatic carbocycles. The van der Waals surface area contributed by atoms with Crippen LogP contribution in [0.1, 0.15) is 25.3 Å². The van der Waals surface area contributed by atoms with Crippen molar-refractivity contribution in [3.05, 3.63) is 28.8 Å². The van der Waals surface area contributed by atoms with Crippen LogP contribution in [-0.2, 0) is 0 Å². The first-order valence-corrected chi connectivity index (χ1v) is 7.01. The summed E-state index contributed by atoms with van der Waals surface area (Å²) >= 11 is 6.08. The first-order chi connectivity index (χ1) is 9.08. The maximum atomic E-state index is 12.0. The molecule has 19 heavy (non-hydrogen) atoms. The average molecular weight is 282 g/mol. The molecule has 1 saturated heterocycles. The Labute approximate surface area is 118 Å². The minimum atomic E-state index is -0.211. The van der Waals surface area contributed by atoms with Crippen LogP contribution in [-0.4, -0.2) is 24.7 Å². The molecule has 4 nitrogen and oxygen atoms in total. The third-order valence-corrected chi connectivity index (χ3v) is 3.84. The Balaban J connectivity index is 1.93. The summed E-state index contributed by atoms with van der Waals surface area (Å²) in [5.74, 6) is 0. The fourth-order valence-electron chi connectivity index (χ4n) is 2.39. The number of nitrogens with one attached hydrogen (secondary N) is 3. The van der Waals surface area contributed by atoms with E-state index in [0.717, 1.165) is 18.5 Å². The molecule has 1 fully saturated rings. The van der Waals surface area contributed by atoms with E-state index in [9.17, 15) is 4.79 Å². The topological polar surface area (TPSA) is 53.2 Å². The van der Waals surface area contributed by atoms with E-state index in [1.165, 1.54) is 6.42 Å². The number of amides is 2. The minimum Gasteiger partial charge on any atom is -0.334 e. The molecule has 2 amide bonds. The zero-order valence-electron chi connectivity index (χ0n) is 11.3. The fraction of sp³-hybridized carbons (Fsp3) is 0.500. The SMILES string of the molecule is Cc1cccc(Cl)c1NC(=O)NC(C)C1CCCN1. The van der Waals surface area contributed by atoms with Gasteiger partial charge in [-0.3, -0.25) is 0 Å². The van der Waals surface area contributed by atoms with Gasteiger partial charge in [0.2, 0.25) is 0 Å². The summed E-state index contributed by atoms with van der Waals surface area (Å²) < 4.78 is 0. The second kappa shape index (κ2) is 6.26. The van der Waals surface area contributed by atoms with Crippen molar-refractivity contribution in [1.29, 1.82) is 0 Å². The van der Waals surface area contributed by atoms with Gasteiger partial charge in [0, 0.05) is 12.1 Å². The molecule has 0 radical (unpaired) electrons. The van der Waals surface area contributed by atoms with Crippen molar-refractivity contribution in [3.63, 3.8) is 0 Å². The van der Waals surface area contributed by atoms with E-state index < -0.39 is 0 Å². The second-order valence-electron chi connectivity index (χ2n) is 5.02. The van der Waals surface area contributed by atoms with Gasteiger partial charge in [0.05, 0.1) is 10.7 Å². The molecule has 0 aromatic heterocycles. The molecule has 1 aromatic carbocycles. The average Bonchev–Trinajstić information content (AvgIpc) is 2.88. The van der Waals surface area contributed by atoms with Crippen molar-refractivity contribution in [3.8, 4) is 0 Å². The molecule has 1 heterocycles. The monoisotopic (exact) mass is 281 g/mol. The summed E-state index contributed by atoms with van der Waals surface area (Å²) in [6.07, 6.45) is 2.27. The van der Waals surface area contributed by atoms with E-state index in [-0.39, 0.29) is 12.1 Å². The van der Waals surface area contributed by atoms with E-state index in [2.05, 4.69) is 16.0 Å². The van der Waals surface area contributed by atoms with Crippen molar-refractivity contribution < 1.29 is 4.79 Å². The molecule has 3 N–H and O–H groups in total. The van der Waals surface area contributed by atoms with Crippen LogP contribution in [0.25, 0.3) is 0 Å². The summed E-state index contributed by atoms with van der Waals surface area (Å²) in [6.45, 7) is 4.97. The lowest BCUT2D eigenvalue weighted by Gasteiger charge is -2.21. The smallest absolute Gasteiger partial charge is 0.319 e. The standard InChI is InChI=1S/C14H20ClN3O/c1-9-5-3-6-11(15)13(9)18-14(19)17-10(2)12-7-4-8-16-12/h3,5-6,10,12,16H,4,7-8H2,1-2H3,(H2,17,18,19). The number of hydrogen-bond acceptors (Lipinski definition) is 2. The zero-order valence-corrected chi connectivity index (χ0v) is 12.1. The Kier molecular flexibility index (Phi) is 4.66. The predicted octanol–water partition coefficient (Wildman–Crippen LogP) is 2.91. The highest BCUT2D eigenvalue weighted by Gasteiger charge is 2.22. The van der Waals surface area contributed by atoms with Gasteiger partial charge in [0.1, 0.15) is 0 Å². The molecular weight excluding hydrogens is 262 g/mol. The van der Waals surface area contributed by atoms with Gasteiger partial charge < -0.3 is 16.0 Å². The van der Waals surface area contributed by atoms with Gasteiger partial charge in [0.15, 0.2) is 0 Å². The second-order valence-corrected chi connectivity index (χ2v) is 5.43. The van der Waals surface area contributed by atoms with Gasteiger partial charge >= 0.3 is 6.03 Å². The Morgan fingerprint density at radius 1 is 1.53 bits per heavy atom. The first-order valence-electron chi connectivity index (χ1n) is 6.64. The summed E-state index contributed by atoms with van der Waals surface area (Å²) in [5.41, 5.74) is 1.63. The predicted molar refractivity (Wildman–Crippen MR) is 78.8 cm³/mol. The van der Waals surface area contributed by atoms with Crippen LogP contribution in [0.5, 0.6) is 0 Å². The molecular formula is C14H20ClN3O. The zero-order chi connectivity index (χ0) is 13.8. The van der Waals surface area contributed by atoms with Crippen LogP contribution in [0.2, 0.25) is 5.02 Å². The molecule has 2 atom stereocenters. The quantitative estimate of drug-likeness (QED) is 0.798. The van der Waals surface area contributed by atoms with Crippen molar-refractivity contribution in [2.24, 2.45) is 0 Å². The summed E-state index contributed by atoms with van der Waals surface area (Å²) in [4.78, 5) is 12.0. The highest BCUT2D eigenvalue weighted by molar-refractivity contribution is 6.33. The summed E-state index contributed by atoms with van der Waals surface area (Å²) in [7, 11) is 0. The van der Waals surface area contributed by atoms with Gasteiger partial charge in [-0.25, -0.2) is 4.79 Å². The van der Waals surface area contributed by atoms with Crippen LogP contribution in [0.4, 0.5) is 10.5 Å². The van der Waals surface area contributed by atoms with E-state index >= 15 is 0 Å². The number of rotatable bonds is 3. The number of halogens is 1. The van der Waals surface area contributed by atoms with Crippen molar-refractivity contribution in [1.82, 2.24) is 10.6 Å². The van der Waals surface area contributed by atoms with Crippen LogP contribution in [0.15, 0.2) is 18.2 Å². The first kappa shape index (κ1) is 14.2. The fourth-order valence-corrected chi connectivity index (χ4v) is 2.65. The maximum Gasteiger partial charge on any atom is 0.319 e. The summed E-state index contributed by atoms with van der Waals surface area (Å²) in [5, 5.41) is 9.71. The third kappa shape index (κ3) is 3.61. The molecule has 1 aromatic rings. The van der Waals surface area contributed by atoms with Gasteiger partial charge in [-0.15, -0.1) is 0 Å². The molecule has 0 spiro atoms. The van der Waals surface area contributed by atoms with Crippen molar-refractivity contribution in [2.45, 2.75) is 38.8 Å². The van der Waals surface area contributed by atoms with Crippen LogP contribution >= 0.6 is 11.6 Å². The maximum absolute atomic E-state index is 12.0. The largest absolute Gasteiger partial charge is 0.334 e. The number of benzene rings is 1. The minimum absolute atomic E-state index is 0.102. The van der Waals surface area contributed by atoms with Crippen molar-refractivity contribution in [2.75, 3.05) is 11.9 Å². The number of carbonyl (C=O) groups excluding carboxylic acids is 1. The summed E-state index contributed by atoms with van der Waals surface area (Å²) in [6, 6.07) is 5.81. The van der Waals surface area contributed by atoms with Gasteiger partial charge in [0.25, 0.3) is 0 Å². The molecule has 0 bridgehead atoms. The lowest BCUT2D eigenvalue weighted by atomic mass is 10.1. The van der Waals surface area contributed by atoms with Crippen LogP contribution < -0.4 is 16.0 Å². The Hall–Kier alpha value is -1.26. The normalized spacial score (nSPS) is 20.1. The Bertz CT molecular complexity index is 438. The van der Waals surface area contributed by atoms with E-state index in [4.69, 9.17) is 11.6 Å². The number of para-hydroxylation sites is 1. The number of aryl methyl sites for hydroxylation is 1. The number of carbonyl (C=O) groups is 1. The Morgan fingerprint density at radius 3 is 2.95 bits per heavy atom. The molecule has 1 aliphatic rings. The van der Waals surface area contributed by atoms with Gasteiger partial charge in [-0.1, -0.05) is 23.7 Å². The highest BCUT2D eigenvalue weighted by atomic mass is 35.5. The lowest BCUT2D eigenvalue weighted by molar-refractivity contribution is 0.246. The van der Waals surface area contributed by atoms with Gasteiger partial charge in [-0.2, -0.15) is 0 Å². The van der Waals surface area contributed by atoms with E-state index in [0.29, 0.717) is 16.8 Å². The van der Waals surface area contributed by atoms with E-state index in [1.54, 1.807) is 6.07 Å². The van der Waals surface area contributed by atoms with Crippen LogP contribution in [0, 0.1) is 6.92 Å². The van der Waals surface area contributed by atoms with Crippen LogP contribution in [0.3, 0.4) is 0 Å². The molecule has 0 saturated carbocycles. The molecule has 1 aliphatic heterocycles.